The molecule has 3 rings (SSSR count). The first kappa shape index (κ1) is 13.1. The topological polar surface area (TPSA) is 44.5 Å². The van der Waals surface area contributed by atoms with Crippen molar-refractivity contribution in [2.24, 2.45) is 5.73 Å². The van der Waals surface area contributed by atoms with Crippen LogP contribution < -0.4 is 15.2 Å². The number of rotatable bonds is 4. The minimum absolute atomic E-state index is 0.213. The number of methoxy groups -OCH3 is 1. The third-order valence-electron chi connectivity index (χ3n) is 4.15. The average molecular weight is 279 g/mol. The lowest BCUT2D eigenvalue weighted by molar-refractivity contribution is 0.208. The first-order valence-corrected chi connectivity index (χ1v) is 8.09. The molecule has 4 heteroatoms. The Morgan fingerprint density at radius 2 is 2.21 bits per heavy atom. The standard InChI is InChI=1S/C15H21NO2S/c1-17-14-12(15(16)7-3-8-15)4-2-5-13(14)18-11-6-9-19-10-11/h2,4-5,11H,3,6-10,16H2,1H3. The first-order valence-electron chi connectivity index (χ1n) is 6.94. The van der Waals surface area contributed by atoms with Gasteiger partial charge in [-0.3, -0.25) is 0 Å². The second-order valence-corrected chi connectivity index (χ2v) is 6.60. The van der Waals surface area contributed by atoms with E-state index in [1.165, 1.54) is 12.2 Å². The van der Waals surface area contributed by atoms with Crippen LogP contribution in [-0.4, -0.2) is 24.7 Å². The van der Waals surface area contributed by atoms with Gasteiger partial charge >= 0.3 is 0 Å². The van der Waals surface area contributed by atoms with Gasteiger partial charge in [-0.2, -0.15) is 11.8 Å². The maximum absolute atomic E-state index is 6.44. The molecular formula is C15H21NO2S. The highest BCUT2D eigenvalue weighted by molar-refractivity contribution is 7.99. The molecule has 0 aromatic heterocycles. The SMILES string of the molecule is COc1c(OC2CCSC2)cccc1C1(N)CCC1. The lowest BCUT2D eigenvalue weighted by Gasteiger charge is -2.39. The maximum atomic E-state index is 6.44. The monoisotopic (exact) mass is 279 g/mol. The molecule has 2 aliphatic rings. The summed E-state index contributed by atoms with van der Waals surface area (Å²) in [6.07, 6.45) is 4.69. The summed E-state index contributed by atoms with van der Waals surface area (Å²) in [6.45, 7) is 0. The van der Waals surface area contributed by atoms with Gasteiger partial charge in [-0.1, -0.05) is 12.1 Å². The number of hydrogen-bond acceptors (Lipinski definition) is 4. The van der Waals surface area contributed by atoms with Crippen molar-refractivity contribution in [3.8, 4) is 11.5 Å². The highest BCUT2D eigenvalue weighted by atomic mass is 32.2. The zero-order valence-electron chi connectivity index (χ0n) is 11.4. The number of ether oxygens (including phenoxy) is 2. The van der Waals surface area contributed by atoms with Gasteiger partial charge in [0, 0.05) is 16.9 Å². The van der Waals surface area contributed by atoms with E-state index >= 15 is 0 Å². The Morgan fingerprint density at radius 3 is 2.79 bits per heavy atom. The van der Waals surface area contributed by atoms with Gasteiger partial charge in [-0.15, -0.1) is 0 Å². The maximum Gasteiger partial charge on any atom is 0.165 e. The minimum atomic E-state index is -0.213. The van der Waals surface area contributed by atoms with E-state index in [1.807, 2.05) is 23.9 Å². The summed E-state index contributed by atoms with van der Waals surface area (Å²) in [4.78, 5) is 0. The normalized spacial score (nSPS) is 24.8. The molecule has 1 unspecified atom stereocenters. The Balaban J connectivity index is 1.88. The van der Waals surface area contributed by atoms with E-state index in [2.05, 4.69) is 6.07 Å². The predicted octanol–water partition coefficient (Wildman–Crippen LogP) is 2.92. The van der Waals surface area contributed by atoms with Crippen LogP contribution in [0.1, 0.15) is 31.2 Å². The Morgan fingerprint density at radius 1 is 1.37 bits per heavy atom. The minimum Gasteiger partial charge on any atom is -0.493 e. The van der Waals surface area contributed by atoms with Crippen LogP contribution in [0, 0.1) is 0 Å². The lowest BCUT2D eigenvalue weighted by atomic mass is 9.72. The average Bonchev–Trinajstić information content (AvgIpc) is 2.88. The van der Waals surface area contributed by atoms with Gasteiger partial charge in [0.05, 0.1) is 7.11 Å². The molecule has 0 amide bonds. The number of nitrogens with two attached hydrogens (primary N) is 1. The molecule has 19 heavy (non-hydrogen) atoms. The second-order valence-electron chi connectivity index (χ2n) is 5.45. The van der Waals surface area contributed by atoms with Crippen LogP contribution in [0.4, 0.5) is 0 Å². The molecule has 1 atom stereocenters. The van der Waals surface area contributed by atoms with Crippen molar-refractivity contribution in [1.29, 1.82) is 0 Å². The summed E-state index contributed by atoms with van der Waals surface area (Å²) in [5, 5.41) is 0. The second kappa shape index (κ2) is 5.25. The molecule has 0 spiro atoms. The number of hydrogen-bond donors (Lipinski definition) is 1. The van der Waals surface area contributed by atoms with Gasteiger partial charge < -0.3 is 15.2 Å². The Hall–Kier alpha value is -0.870. The van der Waals surface area contributed by atoms with E-state index in [0.717, 1.165) is 42.1 Å². The summed E-state index contributed by atoms with van der Waals surface area (Å²) in [6, 6.07) is 6.10. The van der Waals surface area contributed by atoms with Crippen molar-refractivity contribution >= 4 is 11.8 Å². The van der Waals surface area contributed by atoms with Gasteiger partial charge in [0.2, 0.25) is 0 Å². The molecular weight excluding hydrogens is 258 g/mol. The predicted molar refractivity (Wildman–Crippen MR) is 79.1 cm³/mol. The molecule has 1 aromatic rings. The third-order valence-corrected chi connectivity index (χ3v) is 5.28. The quantitative estimate of drug-likeness (QED) is 0.920. The number of thioether (sulfide) groups is 1. The van der Waals surface area contributed by atoms with Crippen molar-refractivity contribution in [3.05, 3.63) is 23.8 Å². The van der Waals surface area contributed by atoms with Gasteiger partial charge in [-0.05, 0) is 37.5 Å². The fourth-order valence-electron chi connectivity index (χ4n) is 2.82. The third kappa shape index (κ3) is 2.43. The van der Waals surface area contributed by atoms with Crippen molar-refractivity contribution < 1.29 is 9.47 Å². The van der Waals surface area contributed by atoms with Crippen molar-refractivity contribution in [2.45, 2.75) is 37.3 Å². The summed E-state index contributed by atoms with van der Waals surface area (Å²) in [5.74, 6) is 3.94. The summed E-state index contributed by atoms with van der Waals surface area (Å²) in [7, 11) is 1.71. The Kier molecular flexibility index (Phi) is 3.63. The molecule has 2 N–H and O–H groups in total. The molecule has 1 heterocycles. The van der Waals surface area contributed by atoms with Crippen LogP contribution in [0.3, 0.4) is 0 Å². The van der Waals surface area contributed by atoms with Crippen LogP contribution >= 0.6 is 11.8 Å². The van der Waals surface area contributed by atoms with Crippen molar-refractivity contribution in [2.75, 3.05) is 18.6 Å². The number of benzene rings is 1. The molecule has 2 fully saturated rings. The molecule has 0 bridgehead atoms. The van der Waals surface area contributed by atoms with Gasteiger partial charge in [0.15, 0.2) is 11.5 Å². The van der Waals surface area contributed by atoms with Crippen molar-refractivity contribution in [3.63, 3.8) is 0 Å². The Labute approximate surface area is 118 Å². The lowest BCUT2D eigenvalue weighted by Crippen LogP contribution is -2.43. The van der Waals surface area contributed by atoms with E-state index in [9.17, 15) is 0 Å². The summed E-state index contributed by atoms with van der Waals surface area (Å²) >= 11 is 1.95. The van der Waals surface area contributed by atoms with E-state index in [4.69, 9.17) is 15.2 Å². The fraction of sp³-hybridized carbons (Fsp3) is 0.600. The largest absolute Gasteiger partial charge is 0.493 e. The van der Waals surface area contributed by atoms with Crippen LogP contribution in [0.2, 0.25) is 0 Å². The zero-order chi connectivity index (χ0) is 13.3. The highest BCUT2D eigenvalue weighted by Crippen LogP contribution is 2.46. The highest BCUT2D eigenvalue weighted by Gasteiger charge is 2.37. The van der Waals surface area contributed by atoms with Gasteiger partial charge in [-0.25, -0.2) is 0 Å². The zero-order valence-corrected chi connectivity index (χ0v) is 12.2. The molecule has 1 aliphatic heterocycles. The Bertz CT molecular complexity index is 453. The summed E-state index contributed by atoms with van der Waals surface area (Å²) < 4.78 is 11.7. The van der Waals surface area contributed by atoms with Crippen LogP contribution in [0.5, 0.6) is 11.5 Å². The van der Waals surface area contributed by atoms with E-state index < -0.39 is 0 Å². The van der Waals surface area contributed by atoms with E-state index in [1.54, 1.807) is 7.11 Å². The molecule has 1 aromatic carbocycles. The van der Waals surface area contributed by atoms with E-state index in [-0.39, 0.29) is 5.54 Å². The molecule has 1 saturated carbocycles. The first-order chi connectivity index (χ1) is 9.23. The van der Waals surface area contributed by atoms with Gasteiger partial charge in [0.1, 0.15) is 6.10 Å². The molecule has 1 aliphatic carbocycles. The summed E-state index contributed by atoms with van der Waals surface area (Å²) in [5.41, 5.74) is 7.33. The van der Waals surface area contributed by atoms with Crippen LogP contribution in [0.25, 0.3) is 0 Å². The van der Waals surface area contributed by atoms with Crippen molar-refractivity contribution in [1.82, 2.24) is 0 Å². The van der Waals surface area contributed by atoms with Crippen LogP contribution in [0.15, 0.2) is 18.2 Å². The fourth-order valence-corrected chi connectivity index (χ4v) is 3.92. The number of para-hydroxylation sites is 1. The van der Waals surface area contributed by atoms with E-state index in [0.29, 0.717) is 6.10 Å². The van der Waals surface area contributed by atoms with Gasteiger partial charge in [0.25, 0.3) is 0 Å². The van der Waals surface area contributed by atoms with Crippen LogP contribution in [-0.2, 0) is 5.54 Å². The smallest absolute Gasteiger partial charge is 0.165 e. The molecule has 104 valence electrons. The molecule has 3 nitrogen and oxygen atoms in total. The molecule has 1 saturated heterocycles. The molecule has 0 radical (unpaired) electrons.